The number of piperazine rings is 1. The van der Waals surface area contributed by atoms with Gasteiger partial charge in [-0.15, -0.1) is 4.40 Å². The minimum atomic E-state index is -3.62. The Labute approximate surface area is 184 Å². The van der Waals surface area contributed by atoms with Crippen LogP contribution in [0.1, 0.15) is 15.9 Å². The number of esters is 1. The maximum absolute atomic E-state index is 12.2. The molecular formula is C20H19Cl2N3O4S. The molecule has 1 fully saturated rings. The number of fused-ring (bicyclic) bond motifs is 1. The highest BCUT2D eigenvalue weighted by molar-refractivity contribution is 7.90. The van der Waals surface area contributed by atoms with E-state index >= 15 is 0 Å². The SMILES string of the molecule is O=C(OCCN1CCN(C2=NS(=O)(=O)c3ccccc32)CC1)c1ccc(Cl)c(Cl)c1. The molecular weight excluding hydrogens is 449 g/mol. The van der Waals surface area contributed by atoms with Crippen molar-refractivity contribution in [2.45, 2.75) is 4.90 Å². The number of carbonyl (C=O) groups is 1. The Hall–Kier alpha value is -2.13. The molecule has 0 unspecified atom stereocenters. The third kappa shape index (κ3) is 4.32. The Balaban J connectivity index is 1.28. The predicted molar refractivity (Wildman–Crippen MR) is 115 cm³/mol. The smallest absolute Gasteiger partial charge is 0.338 e. The van der Waals surface area contributed by atoms with E-state index in [9.17, 15) is 13.2 Å². The van der Waals surface area contributed by atoms with E-state index < -0.39 is 16.0 Å². The van der Waals surface area contributed by atoms with Crippen LogP contribution in [-0.2, 0) is 14.8 Å². The molecule has 4 rings (SSSR count). The first-order valence-electron chi connectivity index (χ1n) is 9.39. The molecule has 158 valence electrons. The number of hydrogen-bond acceptors (Lipinski definition) is 6. The molecule has 30 heavy (non-hydrogen) atoms. The number of nitrogens with zero attached hydrogens (tertiary/aromatic N) is 3. The first-order chi connectivity index (χ1) is 14.3. The summed E-state index contributed by atoms with van der Waals surface area (Å²) in [4.78, 5) is 16.5. The highest BCUT2D eigenvalue weighted by Gasteiger charge is 2.32. The van der Waals surface area contributed by atoms with Crippen molar-refractivity contribution >= 4 is 45.0 Å². The Kier molecular flexibility index (Phi) is 6.02. The Morgan fingerprint density at radius 1 is 1.03 bits per heavy atom. The van der Waals surface area contributed by atoms with Crippen molar-refractivity contribution in [2.75, 3.05) is 39.3 Å². The molecule has 0 amide bonds. The van der Waals surface area contributed by atoms with E-state index in [1.54, 1.807) is 30.3 Å². The molecule has 2 aromatic carbocycles. The lowest BCUT2D eigenvalue weighted by Crippen LogP contribution is -2.49. The van der Waals surface area contributed by atoms with Crippen molar-refractivity contribution in [3.05, 3.63) is 63.6 Å². The van der Waals surface area contributed by atoms with E-state index in [2.05, 4.69) is 9.30 Å². The summed E-state index contributed by atoms with van der Waals surface area (Å²) >= 11 is 11.8. The van der Waals surface area contributed by atoms with Gasteiger partial charge in [0.1, 0.15) is 11.5 Å². The molecule has 1 saturated heterocycles. The fraction of sp³-hybridized carbons (Fsp3) is 0.300. The molecule has 0 aromatic heterocycles. The third-order valence-electron chi connectivity index (χ3n) is 5.08. The van der Waals surface area contributed by atoms with Crippen LogP contribution in [0.5, 0.6) is 0 Å². The number of sulfonamides is 1. The molecule has 0 spiro atoms. The summed E-state index contributed by atoms with van der Waals surface area (Å²) in [5.41, 5.74) is 1.01. The van der Waals surface area contributed by atoms with Crippen LogP contribution < -0.4 is 0 Å². The second kappa shape index (κ2) is 8.55. The zero-order valence-electron chi connectivity index (χ0n) is 15.9. The van der Waals surface area contributed by atoms with E-state index in [0.717, 1.165) is 0 Å². The van der Waals surface area contributed by atoms with Crippen LogP contribution in [0.15, 0.2) is 51.8 Å². The van der Waals surface area contributed by atoms with E-state index in [4.69, 9.17) is 27.9 Å². The van der Waals surface area contributed by atoms with Gasteiger partial charge in [0, 0.05) is 38.3 Å². The van der Waals surface area contributed by atoms with Gasteiger partial charge >= 0.3 is 5.97 Å². The minimum absolute atomic E-state index is 0.247. The Bertz CT molecular complexity index is 1110. The van der Waals surface area contributed by atoms with Crippen molar-refractivity contribution < 1.29 is 17.9 Å². The van der Waals surface area contributed by atoms with Gasteiger partial charge in [-0.1, -0.05) is 35.3 Å². The number of carbonyl (C=O) groups excluding carboxylic acids is 1. The van der Waals surface area contributed by atoms with E-state index in [1.165, 1.54) is 6.07 Å². The molecule has 10 heteroatoms. The second-order valence-electron chi connectivity index (χ2n) is 6.98. The Morgan fingerprint density at radius 3 is 2.50 bits per heavy atom. The maximum atomic E-state index is 12.2. The number of amidine groups is 1. The fourth-order valence-corrected chi connectivity index (χ4v) is 5.00. The molecule has 2 aromatic rings. The van der Waals surface area contributed by atoms with E-state index in [0.29, 0.717) is 59.7 Å². The summed E-state index contributed by atoms with van der Waals surface area (Å²) in [5, 5.41) is 0.689. The summed E-state index contributed by atoms with van der Waals surface area (Å²) in [7, 11) is -3.62. The van der Waals surface area contributed by atoms with Crippen LogP contribution in [-0.4, -0.2) is 69.4 Å². The van der Waals surface area contributed by atoms with Crippen LogP contribution in [0.3, 0.4) is 0 Å². The second-order valence-corrected chi connectivity index (χ2v) is 9.37. The van der Waals surface area contributed by atoms with Gasteiger partial charge in [0.15, 0.2) is 5.84 Å². The van der Waals surface area contributed by atoms with E-state index in [1.807, 2.05) is 11.0 Å². The van der Waals surface area contributed by atoms with Gasteiger partial charge in [-0.25, -0.2) is 4.79 Å². The summed E-state index contributed by atoms with van der Waals surface area (Å²) in [6.45, 7) is 3.55. The zero-order chi connectivity index (χ0) is 21.3. The molecule has 0 bridgehead atoms. The molecule has 0 aliphatic carbocycles. The number of hydrogen-bond donors (Lipinski definition) is 0. The monoisotopic (exact) mass is 467 g/mol. The molecule has 0 saturated carbocycles. The van der Waals surface area contributed by atoms with Crippen LogP contribution in [0, 0.1) is 0 Å². The first-order valence-corrected chi connectivity index (χ1v) is 11.6. The quantitative estimate of drug-likeness (QED) is 0.643. The number of benzene rings is 2. The lowest BCUT2D eigenvalue weighted by molar-refractivity contribution is 0.0442. The molecule has 0 N–H and O–H groups in total. The number of halogens is 2. The van der Waals surface area contributed by atoms with Gasteiger partial charge < -0.3 is 9.64 Å². The number of ether oxygens (including phenoxy) is 1. The van der Waals surface area contributed by atoms with Crippen LogP contribution in [0.25, 0.3) is 0 Å². The molecule has 2 aliphatic rings. The topological polar surface area (TPSA) is 79.3 Å². The molecule has 0 radical (unpaired) electrons. The molecule has 2 heterocycles. The minimum Gasteiger partial charge on any atom is -0.461 e. The average molecular weight is 468 g/mol. The highest BCUT2D eigenvalue weighted by Crippen LogP contribution is 2.28. The molecule has 7 nitrogen and oxygen atoms in total. The normalized spacial score (nSPS) is 18.1. The molecule has 2 aliphatic heterocycles. The summed E-state index contributed by atoms with van der Waals surface area (Å²) in [6.07, 6.45) is 0. The highest BCUT2D eigenvalue weighted by atomic mass is 35.5. The predicted octanol–water partition coefficient (Wildman–Crippen LogP) is 2.92. The summed E-state index contributed by atoms with van der Waals surface area (Å²) in [5.74, 6) is 0.0608. The van der Waals surface area contributed by atoms with Gasteiger partial charge in [0.05, 0.1) is 15.6 Å². The Morgan fingerprint density at radius 2 is 1.77 bits per heavy atom. The van der Waals surface area contributed by atoms with E-state index in [-0.39, 0.29) is 11.5 Å². The standard InChI is InChI=1S/C20H19Cl2N3O4S/c21-16-6-5-14(13-17(16)22)20(26)29-12-11-24-7-9-25(10-8-24)19-15-3-1-2-4-18(15)30(27,28)23-19/h1-6,13H,7-12H2. The fourth-order valence-electron chi connectivity index (χ4n) is 3.47. The van der Waals surface area contributed by atoms with Crippen LogP contribution in [0.4, 0.5) is 0 Å². The maximum Gasteiger partial charge on any atom is 0.338 e. The van der Waals surface area contributed by atoms with Gasteiger partial charge in [-0.05, 0) is 30.3 Å². The van der Waals surface area contributed by atoms with Crippen molar-refractivity contribution in [3.63, 3.8) is 0 Å². The van der Waals surface area contributed by atoms with Gasteiger partial charge in [0.25, 0.3) is 10.0 Å². The summed E-state index contributed by atoms with van der Waals surface area (Å²) < 4.78 is 33.8. The zero-order valence-corrected chi connectivity index (χ0v) is 18.3. The van der Waals surface area contributed by atoms with Crippen molar-refractivity contribution in [1.82, 2.24) is 9.80 Å². The van der Waals surface area contributed by atoms with Crippen molar-refractivity contribution in [2.24, 2.45) is 4.40 Å². The molecule has 0 atom stereocenters. The average Bonchev–Trinajstić information content (AvgIpc) is 3.02. The third-order valence-corrected chi connectivity index (χ3v) is 7.14. The van der Waals surface area contributed by atoms with Crippen molar-refractivity contribution in [1.29, 1.82) is 0 Å². The van der Waals surface area contributed by atoms with Crippen molar-refractivity contribution in [3.8, 4) is 0 Å². The van der Waals surface area contributed by atoms with Crippen LogP contribution >= 0.6 is 23.2 Å². The first kappa shape index (κ1) is 21.1. The summed E-state index contributed by atoms with van der Waals surface area (Å²) in [6, 6.07) is 11.5. The van der Waals surface area contributed by atoms with Gasteiger partial charge in [0.2, 0.25) is 0 Å². The van der Waals surface area contributed by atoms with Crippen LogP contribution in [0.2, 0.25) is 10.0 Å². The van der Waals surface area contributed by atoms with Gasteiger partial charge in [-0.2, -0.15) is 8.42 Å². The lowest BCUT2D eigenvalue weighted by atomic mass is 10.1. The van der Waals surface area contributed by atoms with Gasteiger partial charge in [-0.3, -0.25) is 4.90 Å². The lowest BCUT2D eigenvalue weighted by Gasteiger charge is -2.35. The largest absolute Gasteiger partial charge is 0.461 e. The number of rotatable bonds is 4.